The minimum Gasteiger partial charge on any atom is -0.393 e. The molecule has 3 aromatic rings. The molecule has 2 N–H and O–H groups in total. The summed E-state index contributed by atoms with van der Waals surface area (Å²) in [7, 11) is 0. The van der Waals surface area contributed by atoms with Crippen LogP contribution in [0.5, 0.6) is 0 Å². The highest BCUT2D eigenvalue weighted by atomic mass is 16.3. The second-order valence-corrected chi connectivity index (χ2v) is 7.39. The number of nitrogens with one attached hydrogen (secondary N) is 1. The van der Waals surface area contributed by atoms with Crippen LogP contribution in [0.1, 0.15) is 51.5 Å². The van der Waals surface area contributed by atoms with Gasteiger partial charge < -0.3 is 10.4 Å². The van der Waals surface area contributed by atoms with Gasteiger partial charge in [-0.15, -0.1) is 0 Å². The van der Waals surface area contributed by atoms with Crippen molar-refractivity contribution in [1.29, 1.82) is 0 Å². The molecule has 0 spiro atoms. The van der Waals surface area contributed by atoms with E-state index in [0.717, 1.165) is 55.8 Å². The van der Waals surface area contributed by atoms with Crippen LogP contribution < -0.4 is 10.9 Å². The number of fused-ring (bicyclic) bond motifs is 3. The summed E-state index contributed by atoms with van der Waals surface area (Å²) in [6, 6.07) is 7.73. The van der Waals surface area contributed by atoms with Crippen LogP contribution in [0.4, 0.5) is 5.95 Å². The number of hydrogen-bond acceptors (Lipinski definition) is 5. The Morgan fingerprint density at radius 1 is 1.15 bits per heavy atom. The van der Waals surface area contributed by atoms with Gasteiger partial charge in [-0.1, -0.05) is 31.5 Å². The highest BCUT2D eigenvalue weighted by molar-refractivity contribution is 6.04. The van der Waals surface area contributed by atoms with E-state index in [0.29, 0.717) is 17.0 Å². The van der Waals surface area contributed by atoms with E-state index in [2.05, 4.69) is 17.2 Å². The number of aromatic nitrogens is 3. The number of hydrogen-bond donors (Lipinski definition) is 2. The molecule has 0 bridgehead atoms. The lowest BCUT2D eigenvalue weighted by Gasteiger charge is -2.28. The second-order valence-electron chi connectivity index (χ2n) is 7.39. The summed E-state index contributed by atoms with van der Waals surface area (Å²) in [4.78, 5) is 22.5. The lowest BCUT2D eigenvalue weighted by Crippen LogP contribution is -2.30. The molecule has 0 amide bonds. The molecule has 0 atom stereocenters. The van der Waals surface area contributed by atoms with Crippen molar-refractivity contribution in [1.82, 2.24) is 14.5 Å². The molecule has 0 unspecified atom stereocenters. The smallest absolute Gasteiger partial charge is 0.260 e. The minimum atomic E-state index is -0.260. The highest BCUT2D eigenvalue weighted by Crippen LogP contribution is 2.31. The van der Waals surface area contributed by atoms with Crippen LogP contribution in [-0.4, -0.2) is 32.3 Å². The van der Waals surface area contributed by atoms with Gasteiger partial charge in [-0.05, 0) is 43.6 Å². The summed E-state index contributed by atoms with van der Waals surface area (Å²) in [6.45, 7) is 2.96. The summed E-state index contributed by atoms with van der Waals surface area (Å²) < 4.78 is 1.84. The van der Waals surface area contributed by atoms with Crippen LogP contribution in [0.15, 0.2) is 35.3 Å². The molecule has 2 heterocycles. The molecule has 6 nitrogen and oxygen atoms in total. The molecular formula is C21H26N4O2. The Hall–Kier alpha value is -2.47. The fourth-order valence-electron chi connectivity index (χ4n) is 3.99. The van der Waals surface area contributed by atoms with Crippen molar-refractivity contribution in [3.63, 3.8) is 0 Å². The number of aliphatic hydroxyl groups excluding tert-OH is 1. The SMILES string of the molecule is CCCCNc1ncc2c3ccccc3c(=O)n(C3CCC(O)CC3)c2n1. The second kappa shape index (κ2) is 7.64. The molecule has 1 aliphatic rings. The van der Waals surface area contributed by atoms with Crippen LogP contribution in [0.25, 0.3) is 21.8 Å². The maximum atomic E-state index is 13.3. The molecule has 4 rings (SSSR count). The van der Waals surface area contributed by atoms with Crippen LogP contribution in [0, 0.1) is 0 Å². The molecule has 27 heavy (non-hydrogen) atoms. The van der Waals surface area contributed by atoms with Gasteiger partial charge in [-0.2, -0.15) is 4.98 Å². The molecule has 1 saturated carbocycles. The first-order chi connectivity index (χ1) is 13.2. The van der Waals surface area contributed by atoms with E-state index in [9.17, 15) is 9.90 Å². The summed E-state index contributed by atoms with van der Waals surface area (Å²) in [6.07, 6.45) is 6.73. The molecule has 2 aromatic heterocycles. The summed E-state index contributed by atoms with van der Waals surface area (Å²) in [5.41, 5.74) is 0.687. The average Bonchev–Trinajstić information content (AvgIpc) is 2.70. The monoisotopic (exact) mass is 366 g/mol. The lowest BCUT2D eigenvalue weighted by molar-refractivity contribution is 0.111. The normalized spacial score (nSPS) is 20.2. The minimum absolute atomic E-state index is 0.00213. The van der Waals surface area contributed by atoms with E-state index in [-0.39, 0.29) is 17.7 Å². The van der Waals surface area contributed by atoms with Gasteiger partial charge in [0.1, 0.15) is 5.65 Å². The zero-order valence-electron chi connectivity index (χ0n) is 15.7. The number of nitrogens with zero attached hydrogens (tertiary/aromatic N) is 3. The van der Waals surface area contributed by atoms with Gasteiger partial charge in [-0.3, -0.25) is 9.36 Å². The fraction of sp³-hybridized carbons (Fsp3) is 0.476. The Bertz CT molecular complexity index is 1010. The van der Waals surface area contributed by atoms with Gasteiger partial charge in [0.05, 0.1) is 6.10 Å². The van der Waals surface area contributed by atoms with E-state index >= 15 is 0 Å². The first kappa shape index (κ1) is 17.9. The molecule has 142 valence electrons. The number of anilines is 1. The van der Waals surface area contributed by atoms with Gasteiger partial charge in [0.2, 0.25) is 5.95 Å². The molecule has 0 saturated heterocycles. The summed E-state index contributed by atoms with van der Waals surface area (Å²) >= 11 is 0. The van der Waals surface area contributed by atoms with Crippen molar-refractivity contribution in [3.05, 3.63) is 40.8 Å². The first-order valence-electron chi connectivity index (χ1n) is 9.91. The zero-order chi connectivity index (χ0) is 18.8. The molecule has 6 heteroatoms. The van der Waals surface area contributed by atoms with Crippen molar-refractivity contribution in [2.45, 2.75) is 57.6 Å². The average molecular weight is 366 g/mol. The van der Waals surface area contributed by atoms with Gasteiger partial charge in [0.25, 0.3) is 5.56 Å². The number of benzene rings is 1. The van der Waals surface area contributed by atoms with E-state index in [1.807, 2.05) is 35.0 Å². The van der Waals surface area contributed by atoms with Crippen LogP contribution in [0.2, 0.25) is 0 Å². The topological polar surface area (TPSA) is 80.0 Å². The molecule has 1 aliphatic carbocycles. The van der Waals surface area contributed by atoms with Gasteiger partial charge in [0, 0.05) is 29.6 Å². The maximum Gasteiger partial charge on any atom is 0.260 e. The van der Waals surface area contributed by atoms with Crippen molar-refractivity contribution in [2.75, 3.05) is 11.9 Å². The van der Waals surface area contributed by atoms with Crippen molar-refractivity contribution in [3.8, 4) is 0 Å². The Morgan fingerprint density at radius 3 is 2.63 bits per heavy atom. The maximum absolute atomic E-state index is 13.3. The van der Waals surface area contributed by atoms with Crippen LogP contribution in [-0.2, 0) is 0 Å². The predicted molar refractivity (Wildman–Crippen MR) is 108 cm³/mol. The zero-order valence-corrected chi connectivity index (χ0v) is 15.7. The molecule has 1 aromatic carbocycles. The van der Waals surface area contributed by atoms with Gasteiger partial charge in [0.15, 0.2) is 0 Å². The Morgan fingerprint density at radius 2 is 1.89 bits per heavy atom. The summed E-state index contributed by atoms with van der Waals surface area (Å²) in [5, 5.41) is 15.6. The molecule has 1 fully saturated rings. The number of rotatable bonds is 5. The summed E-state index contributed by atoms with van der Waals surface area (Å²) in [5.74, 6) is 0.565. The third-order valence-corrected chi connectivity index (χ3v) is 5.51. The van der Waals surface area contributed by atoms with Gasteiger partial charge >= 0.3 is 0 Å². The highest BCUT2D eigenvalue weighted by Gasteiger charge is 2.25. The Kier molecular flexibility index (Phi) is 5.07. The lowest BCUT2D eigenvalue weighted by atomic mass is 9.92. The van der Waals surface area contributed by atoms with E-state index in [1.165, 1.54) is 0 Å². The fourth-order valence-corrected chi connectivity index (χ4v) is 3.99. The third kappa shape index (κ3) is 3.41. The van der Waals surface area contributed by atoms with E-state index in [4.69, 9.17) is 4.98 Å². The standard InChI is InChI=1S/C21H26N4O2/c1-2-3-12-22-21-23-13-18-16-6-4-5-7-17(16)20(27)25(19(18)24-21)14-8-10-15(26)11-9-14/h4-7,13-15,26H,2-3,8-12H2,1H3,(H,22,23,24). The van der Waals surface area contributed by atoms with E-state index in [1.54, 1.807) is 0 Å². The Labute approximate surface area is 158 Å². The Balaban J connectivity index is 1.89. The van der Waals surface area contributed by atoms with Crippen molar-refractivity contribution < 1.29 is 5.11 Å². The van der Waals surface area contributed by atoms with E-state index < -0.39 is 0 Å². The molecule has 0 aliphatic heterocycles. The predicted octanol–water partition coefficient (Wildman–Crippen LogP) is 3.63. The van der Waals surface area contributed by atoms with Crippen LogP contribution in [0.3, 0.4) is 0 Å². The number of aliphatic hydroxyl groups is 1. The van der Waals surface area contributed by atoms with Gasteiger partial charge in [-0.25, -0.2) is 4.98 Å². The van der Waals surface area contributed by atoms with Crippen molar-refractivity contribution >= 4 is 27.8 Å². The number of unbranched alkanes of at least 4 members (excludes halogenated alkanes) is 1. The third-order valence-electron chi connectivity index (χ3n) is 5.51. The quantitative estimate of drug-likeness (QED) is 0.532. The first-order valence-corrected chi connectivity index (χ1v) is 9.91. The molecule has 0 radical (unpaired) electrons. The largest absolute Gasteiger partial charge is 0.393 e. The molecular weight excluding hydrogens is 340 g/mol. The van der Waals surface area contributed by atoms with Crippen LogP contribution >= 0.6 is 0 Å². The van der Waals surface area contributed by atoms with Crippen molar-refractivity contribution in [2.24, 2.45) is 0 Å². The number of pyridine rings is 1.